The van der Waals surface area contributed by atoms with Gasteiger partial charge in [-0.05, 0) is 6.07 Å². The summed E-state index contributed by atoms with van der Waals surface area (Å²) in [6.07, 6.45) is -2.81. The van der Waals surface area contributed by atoms with E-state index in [-0.39, 0.29) is 23.5 Å². The van der Waals surface area contributed by atoms with Gasteiger partial charge in [0.2, 0.25) is 0 Å². The number of ether oxygens (including phenoxy) is 1. The fourth-order valence-electron chi connectivity index (χ4n) is 1.23. The molecule has 4 N–H and O–H groups in total. The molecule has 0 fully saturated rings. The molecule has 16 heavy (non-hydrogen) atoms. The molecule has 0 aromatic carbocycles. The fraction of sp³-hybridized carbons (Fsp3) is 0.333. The van der Waals surface area contributed by atoms with Gasteiger partial charge in [0, 0.05) is 12.1 Å². The second-order valence-electron chi connectivity index (χ2n) is 2.95. The number of esters is 1. The second kappa shape index (κ2) is 4.84. The molecule has 0 bridgehead atoms. The number of aromatic nitrogens is 1. The van der Waals surface area contributed by atoms with Crippen LogP contribution in [-0.2, 0) is 11.3 Å². The molecule has 0 aliphatic carbocycles. The number of anilines is 1. The Bertz CT molecular complexity index is 410. The van der Waals surface area contributed by atoms with E-state index in [1.165, 1.54) is 0 Å². The summed E-state index contributed by atoms with van der Waals surface area (Å²) in [5.74, 6) is -0.947. The van der Waals surface area contributed by atoms with Crippen LogP contribution in [0.15, 0.2) is 6.07 Å². The Kier molecular flexibility index (Phi) is 3.73. The molecule has 0 radical (unpaired) electrons. The lowest BCUT2D eigenvalue weighted by molar-refractivity contribution is 0.0598. The minimum Gasteiger partial charge on any atom is -0.465 e. The number of carbonyl (C=O) groups is 1. The third-order valence-electron chi connectivity index (χ3n) is 2.01. The summed E-state index contributed by atoms with van der Waals surface area (Å²) >= 11 is 0. The van der Waals surface area contributed by atoms with E-state index >= 15 is 0 Å². The number of nitrogen functional groups attached to an aromatic ring is 1. The number of hydrogen-bond donors (Lipinski definition) is 2. The van der Waals surface area contributed by atoms with Crippen molar-refractivity contribution in [3.05, 3.63) is 22.9 Å². The van der Waals surface area contributed by atoms with Crippen molar-refractivity contribution in [1.29, 1.82) is 0 Å². The molecule has 0 saturated carbocycles. The predicted octanol–water partition coefficient (Wildman–Crippen LogP) is 0.847. The molecule has 0 aliphatic heterocycles. The van der Waals surface area contributed by atoms with Crippen molar-refractivity contribution in [2.24, 2.45) is 5.73 Å². The number of nitrogens with two attached hydrogens (primary N) is 2. The first-order valence-electron chi connectivity index (χ1n) is 4.37. The first-order chi connectivity index (χ1) is 7.51. The number of halogens is 2. The first-order valence-corrected chi connectivity index (χ1v) is 4.37. The van der Waals surface area contributed by atoms with Gasteiger partial charge in [-0.15, -0.1) is 0 Å². The van der Waals surface area contributed by atoms with Crippen LogP contribution in [0.2, 0.25) is 0 Å². The summed E-state index contributed by atoms with van der Waals surface area (Å²) in [7, 11) is 1.14. The molecular weight excluding hydrogens is 220 g/mol. The van der Waals surface area contributed by atoms with Crippen molar-refractivity contribution >= 4 is 11.8 Å². The molecular formula is C9H11F2N3O2. The number of alkyl halides is 2. The molecule has 0 amide bonds. The zero-order valence-electron chi connectivity index (χ0n) is 8.54. The zero-order valence-corrected chi connectivity index (χ0v) is 8.54. The van der Waals surface area contributed by atoms with Crippen molar-refractivity contribution in [1.82, 2.24) is 4.98 Å². The largest absolute Gasteiger partial charge is 0.465 e. The van der Waals surface area contributed by atoms with Gasteiger partial charge in [0.1, 0.15) is 11.5 Å². The number of rotatable bonds is 3. The Morgan fingerprint density at radius 1 is 1.62 bits per heavy atom. The Hall–Kier alpha value is -1.76. The van der Waals surface area contributed by atoms with Crippen LogP contribution in [0, 0.1) is 0 Å². The molecule has 0 aliphatic rings. The van der Waals surface area contributed by atoms with Gasteiger partial charge in [0.25, 0.3) is 6.43 Å². The maximum Gasteiger partial charge on any atom is 0.338 e. The quantitative estimate of drug-likeness (QED) is 0.752. The number of hydrogen-bond acceptors (Lipinski definition) is 5. The SMILES string of the molecule is COC(=O)c1cc(C(F)F)nc(N)c1CN. The topological polar surface area (TPSA) is 91.2 Å². The molecule has 0 saturated heterocycles. The van der Waals surface area contributed by atoms with Gasteiger partial charge in [-0.25, -0.2) is 18.6 Å². The Labute approximate surface area is 90.4 Å². The Balaban J connectivity index is 3.36. The van der Waals surface area contributed by atoms with Crippen molar-refractivity contribution in [2.45, 2.75) is 13.0 Å². The van der Waals surface area contributed by atoms with E-state index in [9.17, 15) is 13.6 Å². The van der Waals surface area contributed by atoms with Crippen LogP contribution in [-0.4, -0.2) is 18.1 Å². The molecule has 1 aromatic rings. The van der Waals surface area contributed by atoms with Crippen molar-refractivity contribution in [3.8, 4) is 0 Å². The molecule has 0 unspecified atom stereocenters. The van der Waals surface area contributed by atoms with E-state index in [0.29, 0.717) is 0 Å². The molecule has 0 spiro atoms. The van der Waals surface area contributed by atoms with Crippen LogP contribution in [0.4, 0.5) is 14.6 Å². The highest BCUT2D eigenvalue weighted by atomic mass is 19.3. The summed E-state index contributed by atoms with van der Waals surface area (Å²) < 4.78 is 29.3. The smallest absolute Gasteiger partial charge is 0.338 e. The maximum absolute atomic E-state index is 12.4. The maximum atomic E-state index is 12.4. The van der Waals surface area contributed by atoms with E-state index in [0.717, 1.165) is 13.2 Å². The Morgan fingerprint density at radius 3 is 2.69 bits per heavy atom. The summed E-state index contributed by atoms with van der Waals surface area (Å²) in [4.78, 5) is 14.8. The van der Waals surface area contributed by atoms with E-state index < -0.39 is 18.1 Å². The van der Waals surface area contributed by atoms with Gasteiger partial charge in [-0.1, -0.05) is 0 Å². The van der Waals surface area contributed by atoms with Gasteiger partial charge >= 0.3 is 5.97 Å². The molecule has 1 aromatic heterocycles. The van der Waals surface area contributed by atoms with E-state index in [1.54, 1.807) is 0 Å². The molecule has 5 nitrogen and oxygen atoms in total. The van der Waals surface area contributed by atoms with Gasteiger partial charge < -0.3 is 16.2 Å². The standard InChI is InChI=1S/C9H11F2N3O2/c1-16-9(15)4-2-6(7(10)11)14-8(13)5(4)3-12/h2,7H,3,12H2,1H3,(H2,13,14). The van der Waals surface area contributed by atoms with Crippen LogP contribution in [0.25, 0.3) is 0 Å². The average Bonchev–Trinajstić information content (AvgIpc) is 2.26. The lowest BCUT2D eigenvalue weighted by Crippen LogP contribution is -2.14. The van der Waals surface area contributed by atoms with Crippen LogP contribution < -0.4 is 11.5 Å². The highest BCUT2D eigenvalue weighted by molar-refractivity contribution is 5.92. The normalized spacial score (nSPS) is 10.6. The van der Waals surface area contributed by atoms with Crippen molar-refractivity contribution in [2.75, 3.05) is 12.8 Å². The second-order valence-corrected chi connectivity index (χ2v) is 2.95. The molecule has 0 atom stereocenters. The number of carbonyl (C=O) groups excluding carboxylic acids is 1. The van der Waals surface area contributed by atoms with Gasteiger partial charge in [-0.3, -0.25) is 0 Å². The van der Waals surface area contributed by atoms with Crippen LogP contribution >= 0.6 is 0 Å². The highest BCUT2D eigenvalue weighted by Gasteiger charge is 2.19. The van der Waals surface area contributed by atoms with Crippen LogP contribution in [0.3, 0.4) is 0 Å². The number of methoxy groups -OCH3 is 1. The van der Waals surface area contributed by atoms with E-state index in [4.69, 9.17) is 11.5 Å². The van der Waals surface area contributed by atoms with E-state index in [1.807, 2.05) is 0 Å². The lowest BCUT2D eigenvalue weighted by Gasteiger charge is -2.10. The monoisotopic (exact) mass is 231 g/mol. The third kappa shape index (κ3) is 2.25. The highest BCUT2D eigenvalue weighted by Crippen LogP contribution is 2.23. The number of nitrogens with zero attached hydrogens (tertiary/aromatic N) is 1. The van der Waals surface area contributed by atoms with Gasteiger partial charge in [-0.2, -0.15) is 0 Å². The predicted molar refractivity (Wildman–Crippen MR) is 52.8 cm³/mol. The van der Waals surface area contributed by atoms with Gasteiger partial charge in [0.15, 0.2) is 0 Å². The lowest BCUT2D eigenvalue weighted by atomic mass is 10.1. The summed E-state index contributed by atoms with van der Waals surface area (Å²) in [5, 5.41) is 0. The summed E-state index contributed by atoms with van der Waals surface area (Å²) in [6, 6.07) is 0.940. The van der Waals surface area contributed by atoms with Crippen LogP contribution in [0.1, 0.15) is 28.0 Å². The molecule has 1 rings (SSSR count). The van der Waals surface area contributed by atoms with Crippen LogP contribution in [0.5, 0.6) is 0 Å². The van der Waals surface area contributed by atoms with Gasteiger partial charge in [0.05, 0.1) is 12.7 Å². The summed E-state index contributed by atoms with van der Waals surface area (Å²) in [5.41, 5.74) is 10.3. The van der Waals surface area contributed by atoms with E-state index in [2.05, 4.69) is 9.72 Å². The number of pyridine rings is 1. The zero-order chi connectivity index (χ0) is 12.3. The molecule has 7 heteroatoms. The van der Waals surface area contributed by atoms with Crippen molar-refractivity contribution < 1.29 is 18.3 Å². The minimum absolute atomic E-state index is 0.0761. The first kappa shape index (κ1) is 12.3. The fourth-order valence-corrected chi connectivity index (χ4v) is 1.23. The third-order valence-corrected chi connectivity index (χ3v) is 2.01. The average molecular weight is 231 g/mol. The summed E-state index contributed by atoms with van der Waals surface area (Å²) in [6.45, 7) is -0.0766. The van der Waals surface area contributed by atoms with Crippen molar-refractivity contribution in [3.63, 3.8) is 0 Å². The molecule has 1 heterocycles. The Morgan fingerprint density at radius 2 is 2.25 bits per heavy atom. The minimum atomic E-state index is -2.81. The molecule has 88 valence electrons.